The van der Waals surface area contributed by atoms with Crippen molar-refractivity contribution >= 4 is 153 Å². The molecule has 2 aromatic heterocycles. The van der Waals surface area contributed by atoms with Crippen LogP contribution in [0, 0.1) is 20.8 Å². The van der Waals surface area contributed by atoms with E-state index in [9.17, 15) is 75.1 Å². The number of aromatic amines is 2. The molecule has 7 aromatic carbocycles. The van der Waals surface area contributed by atoms with Crippen LogP contribution in [0.3, 0.4) is 0 Å². The number of fused-ring (bicyclic) bond motifs is 2. The molecule has 0 bridgehead atoms. The summed E-state index contributed by atoms with van der Waals surface area (Å²) in [7, 11) is -22.9. The standard InChI is InChI=1S/C49H40Cl2N14O19S5/c1-20-37(54-48-58-44(50)56-46(60-48)52-25-6-10-29-23(14-25)16-35(87(74,75)76)39(41(29)66)64-62-31-12-8-27(83-4)18-33(31)85(68,69)70)21(2)43(89(80,81)82)22(3)38(20)55-49-59-45(51)57-47(61-49)53-26-7-11-30-24(15-26)17-36(88(77,78)79)40(42(30)67)65-63-32-13-9-28(84-5)19-34(32)86(71,72)73/h6-19,66-67H,1-5H3,(H,68,69,70)(H,71,72,73)(H,74,75,76)(H,77,78,79)(H,80,81,82)(H2,52,54,56,58,60)(H2,53,55,57,59,61). The number of anilines is 4. The molecule has 0 fully saturated rings. The fourth-order valence-corrected chi connectivity index (χ4v) is 12.7. The molecule has 0 spiro atoms. The van der Waals surface area contributed by atoms with E-state index in [-0.39, 0.29) is 106 Å². The zero-order valence-electron chi connectivity index (χ0n) is 45.4. The fourth-order valence-electron chi connectivity index (χ4n) is 8.79. The molecular formula is C49H40Cl2N14O19S5. The Morgan fingerprint density at radius 2 is 0.820 bits per heavy atom. The van der Waals surface area contributed by atoms with Crippen molar-refractivity contribution in [3.05, 3.63) is 123 Å². The molecule has 0 aliphatic carbocycles. The summed E-state index contributed by atoms with van der Waals surface area (Å²) in [6.45, 7) is 4.14. The number of phenolic OH excluding ortho intramolecular Hbond substituents is 2. The number of azo groups is 2. The van der Waals surface area contributed by atoms with Crippen molar-refractivity contribution in [2.75, 3.05) is 24.9 Å². The van der Waals surface area contributed by atoms with E-state index in [1.807, 2.05) is 0 Å². The highest BCUT2D eigenvalue weighted by Crippen LogP contribution is 2.46. The minimum Gasteiger partial charge on any atom is -0.505 e. The number of methoxy groups -OCH3 is 2. The van der Waals surface area contributed by atoms with Crippen molar-refractivity contribution in [1.29, 1.82) is 0 Å². The van der Waals surface area contributed by atoms with E-state index >= 15 is 0 Å². The van der Waals surface area contributed by atoms with Gasteiger partial charge in [0.1, 0.15) is 58.7 Å². The molecule has 0 aliphatic rings. The zero-order chi connectivity index (χ0) is 65.0. The Labute approximate surface area is 511 Å². The molecule has 89 heavy (non-hydrogen) atoms. The Kier molecular flexibility index (Phi) is 17.4. The lowest BCUT2D eigenvalue weighted by Crippen LogP contribution is -2.18. The number of halogens is 2. The molecule has 0 atom stereocenters. The zero-order valence-corrected chi connectivity index (χ0v) is 51.0. The van der Waals surface area contributed by atoms with Crippen LogP contribution < -0.4 is 31.3 Å². The lowest BCUT2D eigenvalue weighted by molar-refractivity contribution is 0.412. The first-order valence-electron chi connectivity index (χ1n) is 24.2. The Morgan fingerprint density at radius 1 is 0.449 bits per heavy atom. The molecule has 33 nitrogen and oxygen atoms in total. The number of benzene rings is 7. The maximum absolute atomic E-state index is 13.1. The number of nitrogens with one attached hydrogen (secondary N) is 4. The van der Waals surface area contributed by atoms with Crippen LogP contribution in [0.25, 0.3) is 21.5 Å². The van der Waals surface area contributed by atoms with E-state index in [4.69, 9.17) is 32.7 Å². The smallest absolute Gasteiger partial charge is 0.296 e. The van der Waals surface area contributed by atoms with Crippen molar-refractivity contribution in [3.63, 3.8) is 0 Å². The van der Waals surface area contributed by atoms with Crippen LogP contribution in [0.4, 0.5) is 57.4 Å². The van der Waals surface area contributed by atoms with Crippen molar-refractivity contribution in [1.82, 2.24) is 29.9 Å². The second-order valence-electron chi connectivity index (χ2n) is 18.4. The normalized spacial score (nSPS) is 13.1. The van der Waals surface area contributed by atoms with Gasteiger partial charge >= 0.3 is 0 Å². The van der Waals surface area contributed by atoms with Gasteiger partial charge in [-0.3, -0.25) is 32.7 Å². The van der Waals surface area contributed by atoms with Crippen LogP contribution in [0.2, 0.25) is 10.6 Å². The first kappa shape index (κ1) is 64.3. The van der Waals surface area contributed by atoms with Crippen LogP contribution in [-0.4, -0.2) is 119 Å². The Bertz CT molecular complexity index is 5020. The predicted octanol–water partition coefficient (Wildman–Crippen LogP) is 8.91. The topological polar surface area (TPSA) is 512 Å². The number of ether oxygens (including phenoxy) is 2. The van der Waals surface area contributed by atoms with E-state index in [2.05, 4.69) is 71.0 Å². The third kappa shape index (κ3) is 13.9. The van der Waals surface area contributed by atoms with Gasteiger partial charge in [0.2, 0.25) is 33.7 Å². The van der Waals surface area contributed by atoms with Crippen molar-refractivity contribution in [3.8, 4) is 23.0 Å². The molecule has 0 saturated heterocycles. The quantitative estimate of drug-likeness (QED) is 0.0299. The third-order valence-electron chi connectivity index (χ3n) is 12.6. The average molecular weight is 1360 g/mol. The van der Waals surface area contributed by atoms with Crippen molar-refractivity contribution in [2.24, 2.45) is 30.4 Å². The van der Waals surface area contributed by atoms with Crippen molar-refractivity contribution in [2.45, 2.75) is 45.2 Å². The summed E-state index contributed by atoms with van der Waals surface area (Å²) in [5, 5.41) is 42.3. The van der Waals surface area contributed by atoms with E-state index in [1.165, 1.54) is 83.5 Å². The van der Waals surface area contributed by atoms with Gasteiger partial charge in [-0.05, 0) is 139 Å². The summed E-state index contributed by atoms with van der Waals surface area (Å²) in [6.07, 6.45) is 0. The molecule has 9 rings (SSSR count). The van der Waals surface area contributed by atoms with E-state index in [0.29, 0.717) is 0 Å². The maximum Gasteiger partial charge on any atom is 0.296 e. The number of H-pyrrole nitrogens is 2. The average Bonchev–Trinajstić information content (AvgIpc) is 0.852. The monoisotopic (exact) mass is 1360 g/mol. The lowest BCUT2D eigenvalue weighted by Gasteiger charge is -2.16. The summed E-state index contributed by atoms with van der Waals surface area (Å²) in [4.78, 5) is 27.0. The second kappa shape index (κ2) is 24.1. The SMILES string of the molecule is COc1ccc(N=Nc2c(S(=O)(=O)O)cc3cc(Nc4nc(Cl)[nH]c(=Nc5c(C)c(N=c6nc(Nc7ccc8c(O)c(N=Nc9ccc(OC)cc9S(=O)(=O)O)c(S(=O)(=O)O)cc8c7)nc(Cl)[nH]6)c(C)c(S(=O)(=O)O)c5C)n4)ccc3c2O)c(S(=O)(=O)O)c1. The van der Waals surface area contributed by atoms with Crippen LogP contribution in [0.5, 0.6) is 23.0 Å². The van der Waals surface area contributed by atoms with E-state index in [0.717, 1.165) is 36.4 Å². The summed E-state index contributed by atoms with van der Waals surface area (Å²) in [5.41, 5.74) is -3.38. The lowest BCUT2D eigenvalue weighted by atomic mass is 10.0. The van der Waals surface area contributed by atoms with Gasteiger partial charge in [0, 0.05) is 39.8 Å². The summed E-state index contributed by atoms with van der Waals surface area (Å²) >= 11 is 12.8. The first-order chi connectivity index (χ1) is 41.5. The molecule has 0 amide bonds. The Morgan fingerprint density at radius 3 is 1.16 bits per heavy atom. The molecule has 0 unspecified atom stereocenters. The molecule has 0 saturated carbocycles. The summed E-state index contributed by atoms with van der Waals surface area (Å²) in [5.74, 6) is -2.22. The highest BCUT2D eigenvalue weighted by molar-refractivity contribution is 7.87. The van der Waals surface area contributed by atoms with Gasteiger partial charge in [-0.25, -0.2) is 9.98 Å². The molecule has 9 aromatic rings. The minimum absolute atomic E-state index is 0.00273. The third-order valence-corrected chi connectivity index (χ3v) is 17.6. The number of phenols is 2. The molecular weight excluding hydrogens is 1320 g/mol. The van der Waals surface area contributed by atoms with Crippen molar-refractivity contribution < 1.29 is 84.5 Å². The largest absolute Gasteiger partial charge is 0.505 e. The van der Waals surface area contributed by atoms with Gasteiger partial charge in [-0.2, -0.15) is 62.0 Å². The van der Waals surface area contributed by atoms with Crippen LogP contribution >= 0.6 is 23.2 Å². The Balaban J connectivity index is 1.06. The number of nitrogens with zero attached hydrogens (tertiary/aromatic N) is 10. The predicted molar refractivity (Wildman–Crippen MR) is 315 cm³/mol. The van der Waals surface area contributed by atoms with Gasteiger partial charge < -0.3 is 30.3 Å². The molecule has 2 heterocycles. The maximum atomic E-state index is 13.1. The van der Waals surface area contributed by atoms with Gasteiger partial charge in [-0.15, -0.1) is 20.5 Å². The molecule has 0 radical (unpaired) electrons. The van der Waals surface area contributed by atoms with Gasteiger partial charge in [0.05, 0.1) is 25.6 Å². The minimum atomic E-state index is -5.20. The number of rotatable bonds is 17. The van der Waals surface area contributed by atoms with E-state index < -0.39 is 109 Å². The van der Waals surface area contributed by atoms with Crippen LogP contribution in [0.15, 0.2) is 140 Å². The van der Waals surface area contributed by atoms with Gasteiger partial charge in [0.15, 0.2) is 11.5 Å². The van der Waals surface area contributed by atoms with Crippen LogP contribution in [0.1, 0.15) is 16.7 Å². The second-order valence-corrected chi connectivity index (χ2v) is 26.0. The number of aromatic nitrogens is 6. The molecule has 11 N–H and O–H groups in total. The summed E-state index contributed by atoms with van der Waals surface area (Å²) < 4.78 is 186. The number of hydrogen-bond donors (Lipinski definition) is 11. The molecule has 464 valence electrons. The number of hydrogen-bond acceptors (Lipinski definition) is 26. The Hall–Kier alpha value is -9.19. The fraction of sp³-hybridized carbons (Fsp3) is 0.102. The summed E-state index contributed by atoms with van der Waals surface area (Å²) in [6, 6.07) is 16.2. The first-order valence-corrected chi connectivity index (χ1v) is 32.2. The molecule has 0 aliphatic heterocycles. The molecule has 40 heteroatoms. The van der Waals surface area contributed by atoms with Crippen LogP contribution in [-0.2, 0) is 50.6 Å². The van der Waals surface area contributed by atoms with Gasteiger partial charge in [-0.1, -0.05) is 0 Å². The van der Waals surface area contributed by atoms with Gasteiger partial charge in [0.25, 0.3) is 50.6 Å². The highest BCUT2D eigenvalue weighted by atomic mass is 35.5. The van der Waals surface area contributed by atoms with E-state index in [1.54, 1.807) is 0 Å². The number of aromatic hydroxyl groups is 2. The highest BCUT2D eigenvalue weighted by Gasteiger charge is 2.28.